The van der Waals surface area contributed by atoms with Crippen molar-refractivity contribution in [1.29, 1.82) is 0 Å². The lowest BCUT2D eigenvalue weighted by molar-refractivity contribution is -0.145. The van der Waals surface area contributed by atoms with Crippen molar-refractivity contribution in [1.82, 2.24) is 9.80 Å². The number of carbonyl (C=O) groups excluding carboxylic acids is 2. The molecule has 2 rings (SSSR count). The summed E-state index contributed by atoms with van der Waals surface area (Å²) < 4.78 is 0. The second kappa shape index (κ2) is 7.27. The second-order valence-corrected chi connectivity index (χ2v) is 5.92. The van der Waals surface area contributed by atoms with Gasteiger partial charge in [0.25, 0.3) is 0 Å². The minimum Gasteiger partial charge on any atom is -0.337 e. The van der Waals surface area contributed by atoms with E-state index in [1.54, 1.807) is 11.8 Å². The number of piperidine rings is 1. The van der Waals surface area contributed by atoms with Crippen LogP contribution in [0.1, 0.15) is 39.5 Å². The lowest BCUT2D eigenvalue weighted by Crippen LogP contribution is -2.55. The molecule has 2 amide bonds. The quantitative estimate of drug-likeness (QED) is 0.828. The van der Waals surface area contributed by atoms with Crippen LogP contribution in [0.2, 0.25) is 0 Å². The van der Waals surface area contributed by atoms with Gasteiger partial charge >= 0.3 is 0 Å². The Kier molecular flexibility index (Phi) is 6.27. The van der Waals surface area contributed by atoms with Crippen LogP contribution in [-0.4, -0.2) is 53.3 Å². The van der Waals surface area contributed by atoms with Gasteiger partial charge in [-0.25, -0.2) is 0 Å². The Hall–Kier alpha value is -0.810. The van der Waals surface area contributed by atoms with Crippen LogP contribution < -0.4 is 5.73 Å². The highest BCUT2D eigenvalue weighted by Crippen LogP contribution is 2.26. The number of rotatable bonds is 2. The summed E-state index contributed by atoms with van der Waals surface area (Å²) in [5.41, 5.74) is 5.81. The lowest BCUT2D eigenvalue weighted by Gasteiger charge is -2.40. The lowest BCUT2D eigenvalue weighted by atomic mass is 9.91. The molecule has 2 N–H and O–H groups in total. The molecule has 5 nitrogen and oxygen atoms in total. The largest absolute Gasteiger partial charge is 0.337 e. The average Bonchev–Trinajstić information content (AvgIpc) is 2.87. The Labute approximate surface area is 127 Å². The van der Waals surface area contributed by atoms with Gasteiger partial charge in [0.05, 0.1) is 0 Å². The molecule has 116 valence electrons. The Morgan fingerprint density at radius 3 is 2.50 bits per heavy atom. The Balaban J connectivity index is 0.00000200. The molecule has 20 heavy (non-hydrogen) atoms. The number of nitrogens with zero attached hydrogens (tertiary/aromatic N) is 2. The van der Waals surface area contributed by atoms with Crippen LogP contribution in [0.5, 0.6) is 0 Å². The van der Waals surface area contributed by atoms with Crippen molar-refractivity contribution in [2.75, 3.05) is 19.6 Å². The van der Waals surface area contributed by atoms with E-state index >= 15 is 0 Å². The van der Waals surface area contributed by atoms with E-state index in [1.165, 1.54) is 0 Å². The molecular weight excluding hydrogens is 278 g/mol. The third-order valence-electron chi connectivity index (χ3n) is 4.48. The van der Waals surface area contributed by atoms with E-state index < -0.39 is 0 Å². The normalized spacial score (nSPS) is 30.1. The molecular formula is C14H26ClN3O2. The summed E-state index contributed by atoms with van der Waals surface area (Å²) in [5, 5.41) is 0. The highest BCUT2D eigenvalue weighted by Gasteiger charge is 2.38. The average molecular weight is 304 g/mol. The summed E-state index contributed by atoms with van der Waals surface area (Å²) in [4.78, 5) is 27.9. The molecule has 3 unspecified atom stereocenters. The Bertz CT molecular complexity index is 364. The van der Waals surface area contributed by atoms with Crippen LogP contribution in [0.4, 0.5) is 0 Å². The van der Waals surface area contributed by atoms with Gasteiger partial charge in [-0.15, -0.1) is 12.4 Å². The molecule has 2 fully saturated rings. The van der Waals surface area contributed by atoms with E-state index in [0.717, 1.165) is 32.2 Å². The van der Waals surface area contributed by atoms with Gasteiger partial charge in [-0.3, -0.25) is 9.59 Å². The van der Waals surface area contributed by atoms with Gasteiger partial charge in [0, 0.05) is 32.6 Å². The molecule has 2 aliphatic heterocycles. The summed E-state index contributed by atoms with van der Waals surface area (Å²) in [6.45, 7) is 5.77. The van der Waals surface area contributed by atoms with Crippen molar-refractivity contribution >= 4 is 24.2 Å². The Morgan fingerprint density at radius 1 is 1.20 bits per heavy atom. The maximum absolute atomic E-state index is 12.7. The van der Waals surface area contributed by atoms with Crippen LogP contribution in [0.25, 0.3) is 0 Å². The van der Waals surface area contributed by atoms with Gasteiger partial charge in [0.1, 0.15) is 6.04 Å². The molecule has 3 atom stereocenters. The molecule has 0 aromatic carbocycles. The van der Waals surface area contributed by atoms with Gasteiger partial charge in [-0.05, 0) is 31.6 Å². The molecule has 6 heteroatoms. The summed E-state index contributed by atoms with van der Waals surface area (Å²) in [5.74, 6) is 0.741. The number of carbonyl (C=O) groups is 2. The number of halogens is 1. The number of likely N-dealkylation sites (tertiary alicyclic amines) is 2. The molecule has 0 spiro atoms. The SMILES string of the molecule is CC(=O)N1CCCC1C(=O)N1CCC(C)CC1CN.Cl. The van der Waals surface area contributed by atoms with Crippen LogP contribution in [-0.2, 0) is 9.59 Å². The third kappa shape index (κ3) is 3.44. The van der Waals surface area contributed by atoms with Gasteiger partial charge in [-0.2, -0.15) is 0 Å². The van der Waals surface area contributed by atoms with Crippen LogP contribution in [0.3, 0.4) is 0 Å². The summed E-state index contributed by atoms with van der Waals surface area (Å²) >= 11 is 0. The molecule has 0 radical (unpaired) electrons. The van der Waals surface area contributed by atoms with Crippen molar-refractivity contribution in [3.8, 4) is 0 Å². The van der Waals surface area contributed by atoms with E-state index in [1.807, 2.05) is 4.90 Å². The first-order valence-corrected chi connectivity index (χ1v) is 7.32. The topological polar surface area (TPSA) is 66.6 Å². The minimum absolute atomic E-state index is 0. The summed E-state index contributed by atoms with van der Waals surface area (Å²) in [6, 6.07) is -0.106. The molecule has 2 aliphatic rings. The maximum Gasteiger partial charge on any atom is 0.245 e. The highest BCUT2D eigenvalue weighted by atomic mass is 35.5. The van der Waals surface area contributed by atoms with E-state index in [2.05, 4.69) is 6.92 Å². The zero-order chi connectivity index (χ0) is 14.0. The molecule has 2 heterocycles. The van der Waals surface area contributed by atoms with E-state index in [9.17, 15) is 9.59 Å². The van der Waals surface area contributed by atoms with Crippen molar-refractivity contribution in [2.45, 2.75) is 51.6 Å². The molecule has 0 bridgehead atoms. The first-order valence-electron chi connectivity index (χ1n) is 7.32. The standard InChI is InChI=1S/C14H25N3O2.ClH/c1-10-5-7-17(12(8-10)9-15)14(19)13-4-3-6-16(13)11(2)18;/h10,12-13H,3-9,15H2,1-2H3;1H. The Morgan fingerprint density at radius 2 is 1.90 bits per heavy atom. The van der Waals surface area contributed by atoms with Gasteiger partial charge in [-0.1, -0.05) is 6.92 Å². The smallest absolute Gasteiger partial charge is 0.245 e. The van der Waals surface area contributed by atoms with Gasteiger partial charge in [0.15, 0.2) is 0 Å². The molecule has 0 saturated carbocycles. The fraction of sp³-hybridized carbons (Fsp3) is 0.857. The van der Waals surface area contributed by atoms with E-state index in [-0.39, 0.29) is 36.3 Å². The minimum atomic E-state index is -0.250. The van der Waals surface area contributed by atoms with Crippen molar-refractivity contribution in [3.63, 3.8) is 0 Å². The molecule has 0 aromatic heterocycles. The molecule has 0 aromatic rings. The second-order valence-electron chi connectivity index (χ2n) is 5.92. The van der Waals surface area contributed by atoms with E-state index in [0.29, 0.717) is 19.0 Å². The number of amides is 2. The fourth-order valence-electron chi connectivity index (χ4n) is 3.36. The number of hydrogen-bond donors (Lipinski definition) is 1. The molecule has 2 saturated heterocycles. The van der Waals surface area contributed by atoms with Gasteiger partial charge < -0.3 is 15.5 Å². The predicted molar refractivity (Wildman–Crippen MR) is 80.6 cm³/mol. The van der Waals surface area contributed by atoms with Gasteiger partial charge in [0.2, 0.25) is 11.8 Å². The first-order chi connectivity index (χ1) is 9.04. The van der Waals surface area contributed by atoms with Crippen molar-refractivity contribution in [3.05, 3.63) is 0 Å². The summed E-state index contributed by atoms with van der Waals surface area (Å²) in [6.07, 6.45) is 3.74. The summed E-state index contributed by atoms with van der Waals surface area (Å²) in [7, 11) is 0. The monoisotopic (exact) mass is 303 g/mol. The van der Waals surface area contributed by atoms with Crippen molar-refractivity contribution < 1.29 is 9.59 Å². The fourth-order valence-corrected chi connectivity index (χ4v) is 3.36. The molecule has 0 aliphatic carbocycles. The van der Waals surface area contributed by atoms with Crippen LogP contribution >= 0.6 is 12.4 Å². The zero-order valence-electron chi connectivity index (χ0n) is 12.4. The number of hydrogen-bond acceptors (Lipinski definition) is 3. The van der Waals surface area contributed by atoms with Crippen LogP contribution in [0.15, 0.2) is 0 Å². The van der Waals surface area contributed by atoms with E-state index in [4.69, 9.17) is 5.73 Å². The predicted octanol–water partition coefficient (Wildman–Crippen LogP) is 1.00. The first kappa shape index (κ1) is 17.2. The number of nitrogens with two attached hydrogens (primary N) is 1. The maximum atomic E-state index is 12.7. The zero-order valence-corrected chi connectivity index (χ0v) is 13.2. The third-order valence-corrected chi connectivity index (χ3v) is 4.48. The highest BCUT2D eigenvalue weighted by molar-refractivity contribution is 5.87. The van der Waals surface area contributed by atoms with Crippen LogP contribution in [0, 0.1) is 5.92 Å². The van der Waals surface area contributed by atoms with Crippen molar-refractivity contribution in [2.24, 2.45) is 11.7 Å².